The topological polar surface area (TPSA) is 64.3 Å². The molecule has 0 unspecified atom stereocenters. The first kappa shape index (κ1) is 13.4. The number of nitrogen functional groups attached to an aromatic ring is 1. The van der Waals surface area contributed by atoms with Crippen LogP contribution in [0, 0.1) is 0 Å². The molecule has 17 heavy (non-hydrogen) atoms. The molecule has 0 radical (unpaired) electrons. The molecule has 0 atom stereocenters. The summed E-state index contributed by atoms with van der Waals surface area (Å²) in [5.74, 6) is 0.515. The molecule has 4 nitrogen and oxygen atoms in total. The number of hydrogen-bond acceptors (Lipinski definition) is 3. The standard InChI is InChI=1S/C13H20N2O2/c1-4-7-15-13(16)10-5-6-12(11(14)8-10)17-9(2)3/h5-6,8-9H,4,7,14H2,1-3H3,(H,15,16). The van der Waals surface area contributed by atoms with Crippen molar-refractivity contribution in [3.63, 3.8) is 0 Å². The van der Waals surface area contributed by atoms with Crippen LogP contribution in [0.3, 0.4) is 0 Å². The van der Waals surface area contributed by atoms with Gasteiger partial charge in [-0.2, -0.15) is 0 Å². The number of nitrogens with two attached hydrogens (primary N) is 1. The van der Waals surface area contributed by atoms with Gasteiger partial charge in [0.1, 0.15) is 5.75 Å². The number of benzene rings is 1. The Kier molecular flexibility index (Phi) is 4.82. The lowest BCUT2D eigenvalue weighted by atomic mass is 10.1. The van der Waals surface area contributed by atoms with Crippen LogP contribution in [-0.4, -0.2) is 18.6 Å². The molecule has 0 saturated heterocycles. The normalized spacial score (nSPS) is 10.4. The first-order valence-corrected chi connectivity index (χ1v) is 5.89. The number of rotatable bonds is 5. The minimum absolute atomic E-state index is 0.0667. The zero-order chi connectivity index (χ0) is 12.8. The summed E-state index contributed by atoms with van der Waals surface area (Å²) in [6.45, 7) is 6.54. The van der Waals surface area contributed by atoms with E-state index in [9.17, 15) is 4.79 Å². The zero-order valence-electron chi connectivity index (χ0n) is 10.6. The van der Waals surface area contributed by atoms with Gasteiger partial charge in [0.25, 0.3) is 5.91 Å². The molecule has 0 bridgehead atoms. The smallest absolute Gasteiger partial charge is 0.251 e. The Labute approximate surface area is 102 Å². The maximum Gasteiger partial charge on any atom is 0.251 e. The molecule has 0 saturated carbocycles. The third-order valence-electron chi connectivity index (χ3n) is 2.17. The maximum absolute atomic E-state index is 11.7. The molecular formula is C13H20N2O2. The van der Waals surface area contributed by atoms with Crippen molar-refractivity contribution in [2.75, 3.05) is 12.3 Å². The molecule has 94 valence electrons. The van der Waals surface area contributed by atoms with Gasteiger partial charge in [-0.25, -0.2) is 0 Å². The van der Waals surface area contributed by atoms with E-state index in [0.717, 1.165) is 6.42 Å². The Bertz CT molecular complexity index is 389. The molecule has 0 aliphatic rings. The van der Waals surface area contributed by atoms with Gasteiger partial charge in [-0.1, -0.05) is 6.92 Å². The molecule has 0 heterocycles. The summed E-state index contributed by atoms with van der Waals surface area (Å²) in [5.41, 5.74) is 6.88. The quantitative estimate of drug-likeness (QED) is 0.770. The molecule has 0 aliphatic carbocycles. The summed E-state index contributed by atoms with van der Waals surface area (Å²) in [5, 5.41) is 2.80. The molecule has 1 amide bonds. The van der Waals surface area contributed by atoms with Gasteiger partial charge in [0.15, 0.2) is 0 Å². The minimum atomic E-state index is -0.102. The van der Waals surface area contributed by atoms with Gasteiger partial charge in [-0.05, 0) is 38.5 Å². The summed E-state index contributed by atoms with van der Waals surface area (Å²) >= 11 is 0. The summed E-state index contributed by atoms with van der Waals surface area (Å²) in [7, 11) is 0. The Morgan fingerprint density at radius 1 is 1.47 bits per heavy atom. The average Bonchev–Trinajstić information content (AvgIpc) is 2.28. The predicted octanol–water partition coefficient (Wildman–Crippen LogP) is 2.20. The third-order valence-corrected chi connectivity index (χ3v) is 2.17. The fraction of sp³-hybridized carbons (Fsp3) is 0.462. The van der Waals surface area contributed by atoms with Gasteiger partial charge in [0.2, 0.25) is 0 Å². The first-order chi connectivity index (χ1) is 8.04. The molecule has 0 aromatic heterocycles. The summed E-state index contributed by atoms with van der Waals surface area (Å²) < 4.78 is 5.50. The van der Waals surface area contributed by atoms with Gasteiger partial charge < -0.3 is 15.8 Å². The van der Waals surface area contributed by atoms with E-state index < -0.39 is 0 Å². The molecule has 1 aromatic carbocycles. The van der Waals surface area contributed by atoms with E-state index in [1.807, 2.05) is 20.8 Å². The highest BCUT2D eigenvalue weighted by Crippen LogP contribution is 2.23. The Morgan fingerprint density at radius 2 is 2.18 bits per heavy atom. The van der Waals surface area contributed by atoms with Crippen LogP contribution in [0.15, 0.2) is 18.2 Å². The Morgan fingerprint density at radius 3 is 2.71 bits per heavy atom. The third kappa shape index (κ3) is 3.98. The molecule has 0 fully saturated rings. The molecule has 3 N–H and O–H groups in total. The van der Waals surface area contributed by atoms with E-state index in [2.05, 4.69) is 5.32 Å². The Hall–Kier alpha value is -1.71. The maximum atomic E-state index is 11.7. The van der Waals surface area contributed by atoms with Gasteiger partial charge in [0.05, 0.1) is 11.8 Å². The average molecular weight is 236 g/mol. The molecule has 1 aromatic rings. The fourth-order valence-corrected chi connectivity index (χ4v) is 1.39. The minimum Gasteiger partial charge on any atom is -0.489 e. The lowest BCUT2D eigenvalue weighted by Gasteiger charge is -2.13. The van der Waals surface area contributed by atoms with E-state index in [0.29, 0.717) is 23.5 Å². The van der Waals surface area contributed by atoms with Gasteiger partial charge in [0, 0.05) is 12.1 Å². The lowest BCUT2D eigenvalue weighted by Crippen LogP contribution is -2.24. The van der Waals surface area contributed by atoms with E-state index >= 15 is 0 Å². The number of nitrogens with one attached hydrogen (secondary N) is 1. The molecule has 0 spiro atoms. The summed E-state index contributed by atoms with van der Waals surface area (Å²) in [4.78, 5) is 11.7. The summed E-state index contributed by atoms with van der Waals surface area (Å²) in [6.07, 6.45) is 0.979. The SMILES string of the molecule is CCCNC(=O)c1ccc(OC(C)C)c(N)c1. The lowest BCUT2D eigenvalue weighted by molar-refractivity contribution is 0.0953. The summed E-state index contributed by atoms with van der Waals surface area (Å²) in [6, 6.07) is 5.10. The van der Waals surface area contributed by atoms with Crippen molar-refractivity contribution in [1.82, 2.24) is 5.32 Å². The number of anilines is 1. The highest BCUT2D eigenvalue weighted by Gasteiger charge is 2.08. The monoisotopic (exact) mass is 236 g/mol. The number of carbonyl (C=O) groups excluding carboxylic acids is 1. The van der Waals surface area contributed by atoms with Crippen molar-refractivity contribution in [1.29, 1.82) is 0 Å². The van der Waals surface area contributed by atoms with Crippen LogP contribution in [0.2, 0.25) is 0 Å². The number of carbonyl (C=O) groups is 1. The van der Waals surface area contributed by atoms with Crippen LogP contribution in [0.5, 0.6) is 5.75 Å². The first-order valence-electron chi connectivity index (χ1n) is 5.89. The van der Waals surface area contributed by atoms with Gasteiger partial charge in [-0.15, -0.1) is 0 Å². The number of hydrogen-bond donors (Lipinski definition) is 2. The second kappa shape index (κ2) is 6.13. The van der Waals surface area contributed by atoms with Gasteiger partial charge >= 0.3 is 0 Å². The van der Waals surface area contributed by atoms with Crippen LogP contribution in [0.1, 0.15) is 37.6 Å². The van der Waals surface area contributed by atoms with E-state index in [4.69, 9.17) is 10.5 Å². The fourth-order valence-electron chi connectivity index (χ4n) is 1.39. The number of ether oxygens (including phenoxy) is 1. The van der Waals surface area contributed by atoms with E-state index in [-0.39, 0.29) is 12.0 Å². The largest absolute Gasteiger partial charge is 0.489 e. The van der Waals surface area contributed by atoms with Crippen LogP contribution in [-0.2, 0) is 0 Å². The second-order valence-electron chi connectivity index (χ2n) is 4.18. The molecule has 4 heteroatoms. The Balaban J connectivity index is 2.77. The van der Waals surface area contributed by atoms with Crippen LogP contribution >= 0.6 is 0 Å². The zero-order valence-corrected chi connectivity index (χ0v) is 10.6. The van der Waals surface area contributed by atoms with Crippen LogP contribution < -0.4 is 15.8 Å². The molecular weight excluding hydrogens is 216 g/mol. The van der Waals surface area contributed by atoms with Crippen molar-refractivity contribution < 1.29 is 9.53 Å². The predicted molar refractivity (Wildman–Crippen MR) is 69.2 cm³/mol. The van der Waals surface area contributed by atoms with Crippen LogP contribution in [0.25, 0.3) is 0 Å². The van der Waals surface area contributed by atoms with Crippen molar-refractivity contribution in [2.24, 2.45) is 0 Å². The molecule has 1 rings (SSSR count). The van der Waals surface area contributed by atoms with Crippen LogP contribution in [0.4, 0.5) is 5.69 Å². The van der Waals surface area contributed by atoms with E-state index in [1.54, 1.807) is 18.2 Å². The second-order valence-corrected chi connectivity index (χ2v) is 4.18. The van der Waals surface area contributed by atoms with Crippen molar-refractivity contribution in [2.45, 2.75) is 33.3 Å². The van der Waals surface area contributed by atoms with Crippen molar-refractivity contribution in [3.8, 4) is 5.75 Å². The highest BCUT2D eigenvalue weighted by atomic mass is 16.5. The number of amides is 1. The van der Waals surface area contributed by atoms with E-state index in [1.165, 1.54) is 0 Å². The van der Waals surface area contributed by atoms with Crippen molar-refractivity contribution >= 4 is 11.6 Å². The highest BCUT2D eigenvalue weighted by molar-refractivity contribution is 5.95. The van der Waals surface area contributed by atoms with Crippen molar-refractivity contribution in [3.05, 3.63) is 23.8 Å². The molecule has 0 aliphatic heterocycles. The van der Waals surface area contributed by atoms with Gasteiger partial charge in [-0.3, -0.25) is 4.79 Å².